The van der Waals surface area contributed by atoms with E-state index in [4.69, 9.17) is 16.2 Å². The van der Waals surface area contributed by atoms with Gasteiger partial charge in [-0.2, -0.15) is 4.99 Å². The Bertz CT molecular complexity index is 1130. The number of nitrogens with two attached hydrogens (primary N) is 2. The summed E-state index contributed by atoms with van der Waals surface area (Å²) in [5, 5.41) is 6.60. The second-order valence-electron chi connectivity index (χ2n) is 6.05. The third-order valence-corrected chi connectivity index (χ3v) is 5.66. The molecule has 0 spiro atoms. The van der Waals surface area contributed by atoms with Crippen molar-refractivity contribution in [1.82, 2.24) is 9.97 Å². The van der Waals surface area contributed by atoms with E-state index in [1.807, 2.05) is 66.9 Å². The molecular formula is C20H18N6OS2. The van der Waals surface area contributed by atoms with Crippen LogP contribution in [0.25, 0.3) is 10.6 Å². The Balaban J connectivity index is 1.45. The third-order valence-electron chi connectivity index (χ3n) is 3.83. The molecule has 0 bridgehead atoms. The molecule has 0 radical (unpaired) electrons. The number of para-hydroxylation sites is 1. The molecule has 7 nitrogen and oxygen atoms in total. The van der Waals surface area contributed by atoms with Crippen molar-refractivity contribution in [1.29, 1.82) is 0 Å². The Morgan fingerprint density at radius 1 is 1.00 bits per heavy atom. The molecule has 0 aliphatic carbocycles. The number of aromatic nitrogens is 2. The second kappa shape index (κ2) is 8.29. The van der Waals surface area contributed by atoms with E-state index in [2.05, 4.69) is 20.3 Å². The lowest BCUT2D eigenvalue weighted by atomic mass is 10.3. The van der Waals surface area contributed by atoms with Gasteiger partial charge in [-0.05, 0) is 43.3 Å². The van der Waals surface area contributed by atoms with E-state index in [1.165, 1.54) is 22.7 Å². The van der Waals surface area contributed by atoms with Crippen molar-refractivity contribution in [2.24, 2.45) is 16.5 Å². The van der Waals surface area contributed by atoms with E-state index in [9.17, 15) is 0 Å². The summed E-state index contributed by atoms with van der Waals surface area (Å²) in [5.74, 6) is 1.57. The van der Waals surface area contributed by atoms with Crippen molar-refractivity contribution in [3.05, 3.63) is 65.7 Å². The predicted octanol–water partition coefficient (Wildman–Crippen LogP) is 5.02. The van der Waals surface area contributed by atoms with E-state index >= 15 is 0 Å². The van der Waals surface area contributed by atoms with Gasteiger partial charge in [0.05, 0.1) is 16.3 Å². The van der Waals surface area contributed by atoms with Gasteiger partial charge in [0.2, 0.25) is 5.13 Å². The first-order valence-corrected chi connectivity index (χ1v) is 10.4. The number of guanidine groups is 1. The zero-order valence-electron chi connectivity index (χ0n) is 15.5. The number of rotatable bonds is 6. The molecule has 0 atom stereocenters. The van der Waals surface area contributed by atoms with Crippen molar-refractivity contribution < 1.29 is 4.74 Å². The molecule has 2 aromatic carbocycles. The van der Waals surface area contributed by atoms with Crippen molar-refractivity contribution in [3.63, 3.8) is 0 Å². The summed E-state index contributed by atoms with van der Waals surface area (Å²) in [6.07, 6.45) is 0. The molecular weight excluding hydrogens is 404 g/mol. The first-order valence-electron chi connectivity index (χ1n) is 8.70. The van der Waals surface area contributed by atoms with E-state index in [-0.39, 0.29) is 5.96 Å². The van der Waals surface area contributed by atoms with Crippen molar-refractivity contribution >= 4 is 44.6 Å². The van der Waals surface area contributed by atoms with Crippen LogP contribution in [0.2, 0.25) is 0 Å². The second-order valence-corrected chi connectivity index (χ2v) is 7.89. The molecule has 0 unspecified atom stereocenters. The first kappa shape index (κ1) is 18.9. The number of benzene rings is 2. The standard InChI is InChI=1S/C20H18N6OS2/c1-12-17(29-20(23-12)26-18(21)22)16-11-28-19(25-16)24-13-7-9-15(10-8-13)27-14-5-3-2-4-6-14/h2-11H,1H3,(H,24,25)(H4,21,22,23,26). The van der Waals surface area contributed by atoms with Crippen LogP contribution < -0.4 is 21.5 Å². The van der Waals surface area contributed by atoms with E-state index in [0.29, 0.717) is 5.13 Å². The van der Waals surface area contributed by atoms with Crippen LogP contribution in [0.1, 0.15) is 5.69 Å². The maximum absolute atomic E-state index is 5.81. The Morgan fingerprint density at radius 2 is 1.72 bits per heavy atom. The van der Waals surface area contributed by atoms with Gasteiger partial charge in [0.15, 0.2) is 11.1 Å². The van der Waals surface area contributed by atoms with Crippen molar-refractivity contribution in [2.45, 2.75) is 6.92 Å². The minimum atomic E-state index is -0.00868. The number of aryl methyl sites for hydroxylation is 1. The van der Waals surface area contributed by atoms with Gasteiger partial charge in [-0.1, -0.05) is 29.5 Å². The number of thiazole rings is 2. The molecule has 0 saturated heterocycles. The highest BCUT2D eigenvalue weighted by molar-refractivity contribution is 7.19. The lowest BCUT2D eigenvalue weighted by Gasteiger charge is -2.07. The molecule has 2 aromatic heterocycles. The first-order chi connectivity index (χ1) is 14.1. The topological polar surface area (TPSA) is 111 Å². The molecule has 146 valence electrons. The fourth-order valence-corrected chi connectivity index (χ4v) is 4.28. The van der Waals surface area contributed by atoms with E-state index in [0.717, 1.165) is 38.6 Å². The molecule has 29 heavy (non-hydrogen) atoms. The van der Waals surface area contributed by atoms with Crippen LogP contribution in [0.5, 0.6) is 11.5 Å². The van der Waals surface area contributed by atoms with Crippen LogP contribution in [-0.4, -0.2) is 15.9 Å². The lowest BCUT2D eigenvalue weighted by Crippen LogP contribution is -2.21. The summed E-state index contributed by atoms with van der Waals surface area (Å²) < 4.78 is 5.81. The third kappa shape index (κ3) is 4.71. The molecule has 0 saturated carbocycles. The Hall–Kier alpha value is -3.43. The zero-order chi connectivity index (χ0) is 20.2. The van der Waals surface area contributed by atoms with Gasteiger partial charge in [-0.25, -0.2) is 9.97 Å². The van der Waals surface area contributed by atoms with Crippen LogP contribution in [0.15, 0.2) is 65.0 Å². The Labute approximate surface area is 175 Å². The lowest BCUT2D eigenvalue weighted by molar-refractivity contribution is 0.483. The fraction of sp³-hybridized carbons (Fsp3) is 0.0500. The van der Waals surface area contributed by atoms with Gasteiger partial charge in [-0.15, -0.1) is 11.3 Å². The largest absolute Gasteiger partial charge is 0.457 e. The van der Waals surface area contributed by atoms with Crippen molar-refractivity contribution in [2.75, 3.05) is 5.32 Å². The molecule has 0 aliphatic rings. The normalized spacial score (nSPS) is 10.5. The minimum Gasteiger partial charge on any atom is -0.457 e. The molecule has 4 aromatic rings. The van der Waals surface area contributed by atoms with Gasteiger partial charge in [0, 0.05) is 11.1 Å². The summed E-state index contributed by atoms with van der Waals surface area (Å²) in [6, 6.07) is 17.4. The molecule has 5 N–H and O–H groups in total. The molecule has 9 heteroatoms. The summed E-state index contributed by atoms with van der Waals surface area (Å²) in [7, 11) is 0. The van der Waals surface area contributed by atoms with Crippen LogP contribution >= 0.6 is 22.7 Å². The molecule has 0 fully saturated rings. The van der Waals surface area contributed by atoms with Gasteiger partial charge in [-0.3, -0.25) is 0 Å². The van der Waals surface area contributed by atoms with Gasteiger partial charge in [0.1, 0.15) is 11.5 Å². The summed E-state index contributed by atoms with van der Waals surface area (Å²) in [6.45, 7) is 1.91. The number of aliphatic imine (C=N–C) groups is 1. The molecule has 4 rings (SSSR count). The number of anilines is 2. The summed E-state index contributed by atoms with van der Waals surface area (Å²) in [4.78, 5) is 14.0. The number of ether oxygens (including phenoxy) is 1. The predicted molar refractivity (Wildman–Crippen MR) is 120 cm³/mol. The number of nitrogens with one attached hydrogen (secondary N) is 1. The van der Waals surface area contributed by atoms with E-state index < -0.39 is 0 Å². The highest BCUT2D eigenvalue weighted by atomic mass is 32.1. The molecule has 0 aliphatic heterocycles. The fourth-order valence-electron chi connectivity index (χ4n) is 2.57. The van der Waals surface area contributed by atoms with Crippen LogP contribution in [0.3, 0.4) is 0 Å². The highest BCUT2D eigenvalue weighted by Gasteiger charge is 2.13. The average molecular weight is 423 g/mol. The summed E-state index contributed by atoms with van der Waals surface area (Å²) >= 11 is 2.92. The van der Waals surface area contributed by atoms with E-state index in [1.54, 1.807) is 0 Å². The maximum Gasteiger partial charge on any atom is 0.213 e. The molecule has 0 amide bonds. The Kier molecular flexibility index (Phi) is 5.41. The zero-order valence-corrected chi connectivity index (χ0v) is 17.1. The number of nitrogens with zero attached hydrogens (tertiary/aromatic N) is 3. The van der Waals surface area contributed by atoms with Crippen LogP contribution in [0.4, 0.5) is 16.0 Å². The van der Waals surface area contributed by atoms with Gasteiger partial charge < -0.3 is 21.5 Å². The maximum atomic E-state index is 5.81. The van der Waals surface area contributed by atoms with Crippen molar-refractivity contribution in [3.8, 4) is 22.1 Å². The SMILES string of the molecule is Cc1nc(N=C(N)N)sc1-c1csc(Nc2ccc(Oc3ccccc3)cc2)n1. The monoisotopic (exact) mass is 422 g/mol. The Morgan fingerprint density at radius 3 is 2.45 bits per heavy atom. The highest BCUT2D eigenvalue weighted by Crippen LogP contribution is 2.36. The molecule has 2 heterocycles. The van der Waals surface area contributed by atoms with Gasteiger partial charge in [0.25, 0.3) is 0 Å². The number of hydrogen-bond donors (Lipinski definition) is 3. The summed E-state index contributed by atoms with van der Waals surface area (Å²) in [5.41, 5.74) is 13.5. The van der Waals surface area contributed by atoms with Crippen LogP contribution in [0, 0.1) is 6.92 Å². The minimum absolute atomic E-state index is 0.00868. The average Bonchev–Trinajstić information content (AvgIpc) is 3.30. The van der Waals surface area contributed by atoms with Crippen LogP contribution in [-0.2, 0) is 0 Å². The van der Waals surface area contributed by atoms with Gasteiger partial charge >= 0.3 is 0 Å². The quantitative estimate of drug-likeness (QED) is 0.297. The smallest absolute Gasteiger partial charge is 0.213 e. The number of hydrogen-bond acceptors (Lipinski definition) is 7.